The molecule has 1 aromatic carbocycles. The predicted molar refractivity (Wildman–Crippen MR) is 70.5 cm³/mol. The summed E-state index contributed by atoms with van der Waals surface area (Å²) in [6, 6.07) is 11.0. The standard InChI is InChI=1S/C13H9BrN2O3/c14-9-3-5-10(6-4-9)18-8-12-15-13(16-19-12)11-2-1-7-17-11/h1-7H,8H2. The fourth-order valence-corrected chi connectivity index (χ4v) is 1.76. The van der Waals surface area contributed by atoms with Crippen molar-refractivity contribution in [1.82, 2.24) is 10.1 Å². The Labute approximate surface area is 117 Å². The number of furan rings is 1. The summed E-state index contributed by atoms with van der Waals surface area (Å²) >= 11 is 3.36. The van der Waals surface area contributed by atoms with E-state index in [2.05, 4.69) is 26.1 Å². The number of hydrogen-bond donors (Lipinski definition) is 0. The quantitative estimate of drug-likeness (QED) is 0.734. The van der Waals surface area contributed by atoms with Gasteiger partial charge in [-0.15, -0.1) is 0 Å². The van der Waals surface area contributed by atoms with Gasteiger partial charge in [0.25, 0.3) is 5.89 Å². The molecule has 96 valence electrons. The topological polar surface area (TPSA) is 61.3 Å². The SMILES string of the molecule is Brc1ccc(OCc2nc(-c3ccco3)no2)cc1. The lowest BCUT2D eigenvalue weighted by molar-refractivity contribution is 0.243. The number of halogens is 1. The van der Waals surface area contributed by atoms with Crippen molar-refractivity contribution in [3.05, 3.63) is 53.0 Å². The first-order valence-electron chi connectivity index (χ1n) is 5.56. The van der Waals surface area contributed by atoms with Crippen LogP contribution >= 0.6 is 15.9 Å². The zero-order valence-corrected chi connectivity index (χ0v) is 11.3. The Morgan fingerprint density at radius 2 is 2.00 bits per heavy atom. The minimum Gasteiger partial charge on any atom is -0.484 e. The summed E-state index contributed by atoms with van der Waals surface area (Å²) in [6.45, 7) is 0.218. The van der Waals surface area contributed by atoms with Crippen molar-refractivity contribution in [3.8, 4) is 17.3 Å². The second kappa shape index (κ2) is 5.27. The molecule has 0 saturated carbocycles. The summed E-state index contributed by atoms with van der Waals surface area (Å²) < 4.78 is 16.8. The van der Waals surface area contributed by atoms with Gasteiger partial charge in [0.05, 0.1) is 6.26 Å². The molecule has 0 amide bonds. The molecule has 0 fully saturated rings. The summed E-state index contributed by atoms with van der Waals surface area (Å²) in [5.74, 6) is 2.12. The first-order chi connectivity index (χ1) is 9.31. The van der Waals surface area contributed by atoms with E-state index in [9.17, 15) is 0 Å². The highest BCUT2D eigenvalue weighted by Gasteiger charge is 2.11. The van der Waals surface area contributed by atoms with E-state index in [1.165, 1.54) is 0 Å². The molecule has 0 spiro atoms. The highest BCUT2D eigenvalue weighted by atomic mass is 79.9. The first kappa shape index (κ1) is 12.0. The van der Waals surface area contributed by atoms with Crippen molar-refractivity contribution >= 4 is 15.9 Å². The molecule has 3 aromatic rings. The van der Waals surface area contributed by atoms with Crippen LogP contribution in [0.25, 0.3) is 11.6 Å². The summed E-state index contributed by atoms with van der Waals surface area (Å²) in [6.07, 6.45) is 1.56. The number of rotatable bonds is 4. The molecule has 0 aliphatic rings. The summed E-state index contributed by atoms with van der Waals surface area (Å²) in [5, 5.41) is 3.82. The average molecular weight is 321 g/mol. The minimum atomic E-state index is 0.218. The number of aromatic nitrogens is 2. The van der Waals surface area contributed by atoms with Gasteiger partial charge >= 0.3 is 0 Å². The van der Waals surface area contributed by atoms with Crippen LogP contribution < -0.4 is 4.74 Å². The number of benzene rings is 1. The van der Waals surface area contributed by atoms with E-state index in [0.717, 1.165) is 10.2 Å². The maximum atomic E-state index is 5.53. The van der Waals surface area contributed by atoms with E-state index in [1.807, 2.05) is 24.3 Å². The lowest BCUT2D eigenvalue weighted by Crippen LogP contribution is -1.95. The smallest absolute Gasteiger partial charge is 0.264 e. The first-order valence-corrected chi connectivity index (χ1v) is 6.35. The molecular formula is C13H9BrN2O3. The van der Waals surface area contributed by atoms with Gasteiger partial charge < -0.3 is 13.7 Å². The van der Waals surface area contributed by atoms with Gasteiger partial charge in [0.15, 0.2) is 12.4 Å². The molecule has 3 rings (SSSR count). The van der Waals surface area contributed by atoms with E-state index < -0.39 is 0 Å². The van der Waals surface area contributed by atoms with Crippen molar-refractivity contribution in [2.45, 2.75) is 6.61 Å². The molecular weight excluding hydrogens is 312 g/mol. The summed E-state index contributed by atoms with van der Waals surface area (Å²) in [5.41, 5.74) is 0. The zero-order valence-electron chi connectivity index (χ0n) is 9.75. The molecule has 5 nitrogen and oxygen atoms in total. The van der Waals surface area contributed by atoms with E-state index in [-0.39, 0.29) is 6.61 Å². The molecule has 19 heavy (non-hydrogen) atoms. The van der Waals surface area contributed by atoms with Crippen LogP contribution in [-0.2, 0) is 6.61 Å². The Morgan fingerprint density at radius 3 is 2.74 bits per heavy atom. The van der Waals surface area contributed by atoms with Crippen LogP contribution in [0.4, 0.5) is 0 Å². The number of ether oxygens (including phenoxy) is 1. The molecule has 0 bridgehead atoms. The van der Waals surface area contributed by atoms with Crippen molar-refractivity contribution in [3.63, 3.8) is 0 Å². The Bertz CT molecular complexity index is 647. The molecule has 0 unspecified atom stereocenters. The van der Waals surface area contributed by atoms with Crippen LogP contribution in [0.15, 0.2) is 56.1 Å². The maximum absolute atomic E-state index is 5.53. The molecule has 0 aliphatic carbocycles. The largest absolute Gasteiger partial charge is 0.484 e. The van der Waals surface area contributed by atoms with Gasteiger partial charge in [-0.25, -0.2) is 0 Å². The summed E-state index contributed by atoms with van der Waals surface area (Å²) in [7, 11) is 0. The van der Waals surface area contributed by atoms with Gasteiger partial charge in [-0.1, -0.05) is 21.1 Å². The lowest BCUT2D eigenvalue weighted by atomic mass is 10.3. The fraction of sp³-hybridized carbons (Fsp3) is 0.0769. The molecule has 0 atom stereocenters. The third kappa shape index (κ3) is 2.85. The molecule has 2 heterocycles. The Balaban J connectivity index is 1.66. The highest BCUT2D eigenvalue weighted by Crippen LogP contribution is 2.19. The van der Waals surface area contributed by atoms with Gasteiger partial charge in [0, 0.05) is 4.47 Å². The van der Waals surface area contributed by atoms with E-state index >= 15 is 0 Å². The second-order valence-corrected chi connectivity index (χ2v) is 4.65. The van der Waals surface area contributed by atoms with Crippen LogP contribution in [0.1, 0.15) is 5.89 Å². The van der Waals surface area contributed by atoms with Gasteiger partial charge in [-0.2, -0.15) is 4.98 Å². The van der Waals surface area contributed by atoms with Crippen molar-refractivity contribution < 1.29 is 13.7 Å². The van der Waals surface area contributed by atoms with Gasteiger partial charge in [-0.3, -0.25) is 0 Å². The Hall–Kier alpha value is -2.08. The zero-order chi connectivity index (χ0) is 13.1. The van der Waals surface area contributed by atoms with E-state index in [4.69, 9.17) is 13.7 Å². The highest BCUT2D eigenvalue weighted by molar-refractivity contribution is 9.10. The van der Waals surface area contributed by atoms with Crippen molar-refractivity contribution in [2.24, 2.45) is 0 Å². The maximum Gasteiger partial charge on any atom is 0.264 e. The monoisotopic (exact) mass is 320 g/mol. The molecule has 0 saturated heterocycles. The minimum absolute atomic E-state index is 0.218. The van der Waals surface area contributed by atoms with E-state index in [1.54, 1.807) is 18.4 Å². The molecule has 0 radical (unpaired) electrons. The molecule has 0 aliphatic heterocycles. The Kier molecular flexibility index (Phi) is 3.33. The second-order valence-electron chi connectivity index (χ2n) is 3.73. The van der Waals surface area contributed by atoms with Gasteiger partial charge in [-0.05, 0) is 36.4 Å². The van der Waals surface area contributed by atoms with Crippen molar-refractivity contribution in [1.29, 1.82) is 0 Å². The van der Waals surface area contributed by atoms with Crippen LogP contribution in [0, 0.1) is 0 Å². The average Bonchev–Trinajstić information content (AvgIpc) is 3.09. The van der Waals surface area contributed by atoms with Crippen LogP contribution in [0.5, 0.6) is 5.75 Å². The Morgan fingerprint density at radius 1 is 1.16 bits per heavy atom. The van der Waals surface area contributed by atoms with Crippen LogP contribution in [-0.4, -0.2) is 10.1 Å². The van der Waals surface area contributed by atoms with Crippen LogP contribution in [0.3, 0.4) is 0 Å². The lowest BCUT2D eigenvalue weighted by Gasteiger charge is -2.02. The predicted octanol–water partition coefficient (Wildman–Crippen LogP) is 3.67. The molecule has 2 aromatic heterocycles. The van der Waals surface area contributed by atoms with Crippen LogP contribution in [0.2, 0.25) is 0 Å². The van der Waals surface area contributed by atoms with Gasteiger partial charge in [0.2, 0.25) is 5.82 Å². The third-order valence-electron chi connectivity index (χ3n) is 2.39. The summed E-state index contributed by atoms with van der Waals surface area (Å²) in [4.78, 5) is 4.18. The molecule has 6 heteroatoms. The van der Waals surface area contributed by atoms with E-state index in [0.29, 0.717) is 17.5 Å². The number of hydrogen-bond acceptors (Lipinski definition) is 5. The molecule has 0 N–H and O–H groups in total. The number of nitrogens with zero attached hydrogens (tertiary/aromatic N) is 2. The third-order valence-corrected chi connectivity index (χ3v) is 2.91. The van der Waals surface area contributed by atoms with Crippen molar-refractivity contribution in [2.75, 3.05) is 0 Å². The fourth-order valence-electron chi connectivity index (χ4n) is 1.50. The van der Waals surface area contributed by atoms with Gasteiger partial charge in [0.1, 0.15) is 5.75 Å². The normalized spacial score (nSPS) is 10.6.